The van der Waals surface area contributed by atoms with E-state index in [1.807, 2.05) is 13.1 Å². The van der Waals surface area contributed by atoms with Crippen LogP contribution in [-0.2, 0) is 12.8 Å². The van der Waals surface area contributed by atoms with Gasteiger partial charge >= 0.3 is 0 Å². The Morgan fingerprint density at radius 2 is 1.76 bits per heavy atom. The lowest BCUT2D eigenvalue weighted by Crippen LogP contribution is -2.19. The lowest BCUT2D eigenvalue weighted by Gasteiger charge is -2.18. The molecule has 21 heavy (non-hydrogen) atoms. The van der Waals surface area contributed by atoms with Crippen molar-refractivity contribution >= 4 is 0 Å². The first-order valence-electron chi connectivity index (χ1n) is 7.26. The van der Waals surface area contributed by atoms with Crippen LogP contribution in [0.4, 0.5) is 4.39 Å². The zero-order valence-electron chi connectivity index (χ0n) is 12.8. The van der Waals surface area contributed by atoms with E-state index in [-0.39, 0.29) is 17.6 Å². The molecule has 0 bridgehead atoms. The fourth-order valence-corrected chi connectivity index (χ4v) is 2.43. The molecular weight excluding hydrogens is 265 g/mol. The van der Waals surface area contributed by atoms with E-state index in [1.165, 1.54) is 18.2 Å². The normalized spacial score (nSPS) is 12.2. The summed E-state index contributed by atoms with van der Waals surface area (Å²) in [6, 6.07) is 13.8. The first-order chi connectivity index (χ1) is 10.2. The molecule has 2 nitrogen and oxygen atoms in total. The van der Waals surface area contributed by atoms with Gasteiger partial charge in [0.2, 0.25) is 0 Å². The van der Waals surface area contributed by atoms with E-state index in [1.54, 1.807) is 12.1 Å². The van der Waals surface area contributed by atoms with Crippen LogP contribution in [0.2, 0.25) is 0 Å². The van der Waals surface area contributed by atoms with Crippen molar-refractivity contribution in [1.82, 2.24) is 5.32 Å². The summed E-state index contributed by atoms with van der Waals surface area (Å²) >= 11 is 0. The molecule has 1 N–H and O–H groups in total. The molecule has 0 aliphatic rings. The minimum Gasteiger partial charge on any atom is -0.494 e. The summed E-state index contributed by atoms with van der Waals surface area (Å²) in [6.45, 7) is 2.14. The number of ether oxygens (including phenoxy) is 1. The first-order valence-corrected chi connectivity index (χ1v) is 7.26. The highest BCUT2D eigenvalue weighted by molar-refractivity contribution is 5.32. The molecule has 2 aromatic rings. The summed E-state index contributed by atoms with van der Waals surface area (Å²) in [6.07, 6.45) is 1.87. The van der Waals surface area contributed by atoms with Crippen molar-refractivity contribution in [1.29, 1.82) is 0 Å². The highest BCUT2D eigenvalue weighted by Gasteiger charge is 2.13. The lowest BCUT2D eigenvalue weighted by atomic mass is 9.98. The van der Waals surface area contributed by atoms with Gasteiger partial charge in [-0.3, -0.25) is 0 Å². The SMILES string of the molecule is CCc1ccc(CC(NC)c2ccc(OC)c(F)c2)cc1. The molecule has 0 spiro atoms. The molecule has 0 heterocycles. The molecule has 0 radical (unpaired) electrons. The van der Waals surface area contributed by atoms with Crippen LogP contribution in [0.15, 0.2) is 42.5 Å². The predicted octanol–water partition coefficient (Wildman–Crippen LogP) is 3.90. The van der Waals surface area contributed by atoms with Crippen LogP contribution < -0.4 is 10.1 Å². The van der Waals surface area contributed by atoms with Gasteiger partial charge in [-0.1, -0.05) is 37.3 Å². The van der Waals surface area contributed by atoms with E-state index in [4.69, 9.17) is 4.74 Å². The molecule has 0 fully saturated rings. The lowest BCUT2D eigenvalue weighted by molar-refractivity contribution is 0.385. The van der Waals surface area contributed by atoms with Crippen LogP contribution in [0, 0.1) is 5.82 Å². The van der Waals surface area contributed by atoms with Crippen molar-refractivity contribution in [2.45, 2.75) is 25.8 Å². The van der Waals surface area contributed by atoms with Gasteiger partial charge < -0.3 is 10.1 Å². The van der Waals surface area contributed by atoms with Gasteiger partial charge in [0.1, 0.15) is 0 Å². The highest BCUT2D eigenvalue weighted by atomic mass is 19.1. The Morgan fingerprint density at radius 1 is 1.10 bits per heavy atom. The average Bonchev–Trinajstić information content (AvgIpc) is 2.53. The Bertz CT molecular complexity index is 580. The summed E-state index contributed by atoms with van der Waals surface area (Å²) < 4.78 is 18.8. The summed E-state index contributed by atoms with van der Waals surface area (Å²) in [5, 5.41) is 3.25. The number of rotatable bonds is 6. The number of halogens is 1. The number of nitrogens with one attached hydrogen (secondary N) is 1. The quantitative estimate of drug-likeness (QED) is 0.870. The van der Waals surface area contributed by atoms with Crippen molar-refractivity contribution in [3.05, 3.63) is 65.0 Å². The average molecular weight is 287 g/mol. The van der Waals surface area contributed by atoms with Crippen molar-refractivity contribution in [2.24, 2.45) is 0 Å². The second-order valence-electron chi connectivity index (χ2n) is 5.11. The molecule has 0 saturated heterocycles. The summed E-state index contributed by atoms with van der Waals surface area (Å²) in [5.41, 5.74) is 3.49. The van der Waals surface area contributed by atoms with Crippen molar-refractivity contribution in [3.8, 4) is 5.75 Å². The van der Waals surface area contributed by atoms with Gasteiger partial charge in [-0.2, -0.15) is 0 Å². The fourth-order valence-electron chi connectivity index (χ4n) is 2.43. The molecule has 0 aliphatic carbocycles. The number of methoxy groups -OCH3 is 1. The molecule has 1 unspecified atom stereocenters. The second-order valence-corrected chi connectivity index (χ2v) is 5.11. The smallest absolute Gasteiger partial charge is 0.165 e. The molecule has 112 valence electrons. The predicted molar refractivity (Wildman–Crippen MR) is 84.3 cm³/mol. The Hall–Kier alpha value is -1.87. The van der Waals surface area contributed by atoms with Gasteiger partial charge in [0.05, 0.1) is 7.11 Å². The largest absolute Gasteiger partial charge is 0.494 e. The topological polar surface area (TPSA) is 21.3 Å². The molecule has 2 aromatic carbocycles. The Morgan fingerprint density at radius 3 is 2.29 bits per heavy atom. The molecule has 0 aliphatic heterocycles. The van der Waals surface area contributed by atoms with Gasteiger partial charge in [0, 0.05) is 6.04 Å². The van der Waals surface area contributed by atoms with Crippen LogP contribution in [0.5, 0.6) is 5.75 Å². The van der Waals surface area contributed by atoms with Gasteiger partial charge in [-0.25, -0.2) is 4.39 Å². The number of hydrogen-bond donors (Lipinski definition) is 1. The second kappa shape index (κ2) is 7.23. The third-order valence-corrected chi connectivity index (χ3v) is 3.80. The van der Waals surface area contributed by atoms with Crippen LogP contribution in [-0.4, -0.2) is 14.2 Å². The van der Waals surface area contributed by atoms with Crippen molar-refractivity contribution < 1.29 is 9.13 Å². The van der Waals surface area contributed by atoms with Crippen LogP contribution >= 0.6 is 0 Å². The Labute approximate surface area is 126 Å². The van der Waals surface area contributed by atoms with E-state index >= 15 is 0 Å². The van der Waals surface area contributed by atoms with Gasteiger partial charge in [-0.15, -0.1) is 0 Å². The standard InChI is InChI=1S/C18H22FNO/c1-4-13-5-7-14(8-6-13)11-17(20-2)15-9-10-18(21-3)16(19)12-15/h5-10,12,17,20H,4,11H2,1-3H3. The maximum absolute atomic E-state index is 13.8. The molecule has 2 rings (SSSR count). The van der Waals surface area contributed by atoms with Crippen LogP contribution in [0.1, 0.15) is 29.7 Å². The minimum absolute atomic E-state index is 0.0814. The zero-order chi connectivity index (χ0) is 15.2. The number of benzene rings is 2. The Kier molecular flexibility index (Phi) is 5.34. The molecule has 3 heteroatoms. The van der Waals surface area contributed by atoms with Crippen molar-refractivity contribution in [2.75, 3.05) is 14.2 Å². The number of aryl methyl sites for hydroxylation is 1. The first kappa shape index (κ1) is 15.5. The monoisotopic (exact) mass is 287 g/mol. The molecular formula is C18H22FNO. The maximum Gasteiger partial charge on any atom is 0.165 e. The van der Waals surface area contributed by atoms with Gasteiger partial charge in [-0.05, 0) is 48.7 Å². The van der Waals surface area contributed by atoms with Gasteiger partial charge in [0.25, 0.3) is 0 Å². The van der Waals surface area contributed by atoms with E-state index in [2.05, 4.69) is 36.5 Å². The third kappa shape index (κ3) is 3.82. The fraction of sp³-hybridized carbons (Fsp3) is 0.333. The molecule has 0 saturated carbocycles. The summed E-state index contributed by atoms with van der Waals surface area (Å²) in [4.78, 5) is 0. The number of likely N-dealkylation sites (N-methyl/N-ethyl adjacent to an activating group) is 1. The summed E-state index contributed by atoms with van der Waals surface area (Å²) in [5.74, 6) is -0.0440. The minimum atomic E-state index is -0.323. The number of hydrogen-bond acceptors (Lipinski definition) is 2. The van der Waals surface area contributed by atoms with Crippen LogP contribution in [0.3, 0.4) is 0 Å². The zero-order valence-corrected chi connectivity index (χ0v) is 12.8. The van der Waals surface area contributed by atoms with E-state index in [0.29, 0.717) is 0 Å². The highest BCUT2D eigenvalue weighted by Crippen LogP contribution is 2.24. The molecule has 0 amide bonds. The maximum atomic E-state index is 13.8. The molecule has 1 atom stereocenters. The summed E-state index contributed by atoms with van der Waals surface area (Å²) in [7, 11) is 3.37. The van der Waals surface area contributed by atoms with E-state index < -0.39 is 0 Å². The van der Waals surface area contributed by atoms with E-state index in [9.17, 15) is 4.39 Å². The van der Waals surface area contributed by atoms with Gasteiger partial charge in [0.15, 0.2) is 11.6 Å². The third-order valence-electron chi connectivity index (χ3n) is 3.80. The Balaban J connectivity index is 2.16. The van der Waals surface area contributed by atoms with Crippen molar-refractivity contribution in [3.63, 3.8) is 0 Å². The van der Waals surface area contributed by atoms with E-state index in [0.717, 1.165) is 18.4 Å². The molecule has 0 aromatic heterocycles. The van der Waals surface area contributed by atoms with Crippen LogP contribution in [0.25, 0.3) is 0 Å².